The van der Waals surface area contributed by atoms with Crippen molar-refractivity contribution in [1.82, 2.24) is 4.98 Å². The minimum Gasteiger partial charge on any atom is -0.370 e. The summed E-state index contributed by atoms with van der Waals surface area (Å²) >= 11 is 3.25. The summed E-state index contributed by atoms with van der Waals surface area (Å²) in [5.74, 6) is -0.419. The third-order valence-corrected chi connectivity index (χ3v) is 2.02. The van der Waals surface area contributed by atoms with Crippen molar-refractivity contribution in [3.63, 3.8) is 0 Å². The topological polar surface area (TPSA) is 82.0 Å². The van der Waals surface area contributed by atoms with Gasteiger partial charge < -0.3 is 11.5 Å². The number of rotatable bonds is 3. The van der Waals surface area contributed by atoms with Crippen LogP contribution in [0, 0.1) is 0 Å². The summed E-state index contributed by atoms with van der Waals surface area (Å²) in [7, 11) is 0. The summed E-state index contributed by atoms with van der Waals surface area (Å²) in [5.41, 5.74) is 11.3. The zero-order valence-corrected chi connectivity index (χ0v) is 8.49. The van der Waals surface area contributed by atoms with Gasteiger partial charge in [-0.3, -0.25) is 9.78 Å². The van der Waals surface area contributed by atoms with Crippen molar-refractivity contribution in [1.29, 1.82) is 0 Å². The monoisotopic (exact) mass is 243 g/mol. The molecule has 1 amide bonds. The van der Waals surface area contributed by atoms with E-state index in [1.54, 1.807) is 12.3 Å². The Kier molecular flexibility index (Phi) is 3.39. The van der Waals surface area contributed by atoms with Crippen LogP contribution in [0.2, 0.25) is 0 Å². The molecular formula is C8H10BrN3O. The molecule has 1 rings (SSSR count). The van der Waals surface area contributed by atoms with Gasteiger partial charge in [-0.1, -0.05) is 0 Å². The van der Waals surface area contributed by atoms with Crippen LogP contribution in [0.1, 0.15) is 18.2 Å². The quantitative estimate of drug-likeness (QED) is 0.821. The van der Waals surface area contributed by atoms with E-state index in [1.165, 1.54) is 0 Å². The number of nitrogens with zero attached hydrogens (tertiary/aromatic N) is 1. The molecule has 1 heterocycles. The Morgan fingerprint density at radius 3 is 2.77 bits per heavy atom. The zero-order chi connectivity index (χ0) is 9.84. The van der Waals surface area contributed by atoms with Crippen LogP contribution in [0.25, 0.3) is 0 Å². The van der Waals surface area contributed by atoms with Crippen LogP contribution in [0.5, 0.6) is 0 Å². The molecule has 1 atom stereocenters. The molecule has 0 aliphatic heterocycles. The fraction of sp³-hybridized carbons (Fsp3) is 0.250. The second-order valence-electron chi connectivity index (χ2n) is 2.68. The number of halogens is 1. The van der Waals surface area contributed by atoms with E-state index in [-0.39, 0.29) is 6.42 Å². The van der Waals surface area contributed by atoms with Crippen LogP contribution in [0.3, 0.4) is 0 Å². The predicted molar refractivity (Wildman–Crippen MR) is 52.7 cm³/mol. The molecule has 0 spiro atoms. The van der Waals surface area contributed by atoms with Crippen LogP contribution < -0.4 is 11.5 Å². The van der Waals surface area contributed by atoms with Crippen molar-refractivity contribution >= 4 is 21.8 Å². The van der Waals surface area contributed by atoms with Gasteiger partial charge in [-0.25, -0.2) is 0 Å². The fourth-order valence-corrected chi connectivity index (χ4v) is 1.16. The van der Waals surface area contributed by atoms with Gasteiger partial charge in [-0.15, -0.1) is 0 Å². The molecule has 0 radical (unpaired) electrons. The van der Waals surface area contributed by atoms with Gasteiger partial charge in [0, 0.05) is 17.1 Å². The van der Waals surface area contributed by atoms with Gasteiger partial charge in [0.05, 0.1) is 11.7 Å². The molecule has 5 heteroatoms. The maximum atomic E-state index is 10.6. The number of pyridine rings is 1. The Morgan fingerprint density at radius 1 is 1.62 bits per heavy atom. The predicted octanol–water partition coefficient (Wildman–Crippen LogP) is 0.719. The summed E-state index contributed by atoms with van der Waals surface area (Å²) in [5, 5.41) is 0. The molecular weight excluding hydrogens is 234 g/mol. The van der Waals surface area contributed by atoms with E-state index in [1.807, 2.05) is 6.07 Å². The third kappa shape index (κ3) is 3.12. The molecule has 0 saturated heterocycles. The Balaban J connectivity index is 2.71. The average Bonchev–Trinajstić information content (AvgIpc) is 2.04. The summed E-state index contributed by atoms with van der Waals surface area (Å²) in [6.45, 7) is 0. The lowest BCUT2D eigenvalue weighted by atomic mass is 10.1. The van der Waals surface area contributed by atoms with E-state index in [0.717, 1.165) is 4.47 Å². The highest BCUT2D eigenvalue weighted by Gasteiger charge is 2.09. The van der Waals surface area contributed by atoms with Crippen LogP contribution in [0.15, 0.2) is 22.8 Å². The molecule has 1 aromatic heterocycles. The van der Waals surface area contributed by atoms with E-state index in [0.29, 0.717) is 5.69 Å². The number of hydrogen-bond acceptors (Lipinski definition) is 3. The Hall–Kier alpha value is -0.940. The van der Waals surface area contributed by atoms with E-state index >= 15 is 0 Å². The number of amides is 1. The van der Waals surface area contributed by atoms with Crippen molar-refractivity contribution in [3.8, 4) is 0 Å². The lowest BCUT2D eigenvalue weighted by molar-refractivity contribution is -0.118. The Bertz CT molecular complexity index is 299. The van der Waals surface area contributed by atoms with Crippen LogP contribution >= 0.6 is 15.9 Å². The molecule has 0 fully saturated rings. The van der Waals surface area contributed by atoms with Gasteiger partial charge >= 0.3 is 0 Å². The maximum Gasteiger partial charge on any atom is 0.219 e. The fourth-order valence-electron chi connectivity index (χ4n) is 0.928. The van der Waals surface area contributed by atoms with E-state index in [9.17, 15) is 4.79 Å². The van der Waals surface area contributed by atoms with Gasteiger partial charge in [0.2, 0.25) is 5.91 Å². The highest BCUT2D eigenvalue weighted by Crippen LogP contribution is 2.13. The molecule has 4 nitrogen and oxygen atoms in total. The van der Waals surface area contributed by atoms with Crippen molar-refractivity contribution in [2.45, 2.75) is 12.5 Å². The first-order valence-electron chi connectivity index (χ1n) is 3.75. The summed E-state index contributed by atoms with van der Waals surface area (Å²) < 4.78 is 0.877. The normalized spacial score (nSPS) is 12.5. The van der Waals surface area contributed by atoms with Crippen molar-refractivity contribution < 1.29 is 4.79 Å². The second-order valence-corrected chi connectivity index (χ2v) is 3.59. The Morgan fingerprint density at radius 2 is 2.31 bits per heavy atom. The minimum atomic E-state index is -0.419. The standard InChI is InChI=1S/C8H10BrN3O/c9-5-1-2-7(12-4-5)6(10)3-8(11)13/h1-2,4,6H,3,10H2,(H2,11,13). The molecule has 0 saturated carbocycles. The summed E-state index contributed by atoms with van der Waals surface area (Å²) in [6.07, 6.45) is 1.75. The lowest BCUT2D eigenvalue weighted by Crippen LogP contribution is -2.21. The molecule has 70 valence electrons. The van der Waals surface area contributed by atoms with Crippen molar-refractivity contribution in [3.05, 3.63) is 28.5 Å². The summed E-state index contributed by atoms with van der Waals surface area (Å²) in [6, 6.07) is 3.17. The first-order valence-corrected chi connectivity index (χ1v) is 4.54. The van der Waals surface area contributed by atoms with Gasteiger partial charge in [0.15, 0.2) is 0 Å². The highest BCUT2D eigenvalue weighted by molar-refractivity contribution is 9.10. The van der Waals surface area contributed by atoms with Crippen molar-refractivity contribution in [2.75, 3.05) is 0 Å². The molecule has 1 unspecified atom stereocenters. The summed E-state index contributed by atoms with van der Waals surface area (Å²) in [4.78, 5) is 14.6. The number of hydrogen-bond donors (Lipinski definition) is 2. The molecule has 0 aromatic carbocycles. The Labute approximate surface area is 84.5 Å². The van der Waals surface area contributed by atoms with E-state index < -0.39 is 11.9 Å². The molecule has 1 aromatic rings. The number of carbonyl (C=O) groups is 1. The smallest absolute Gasteiger partial charge is 0.219 e. The molecule has 0 aliphatic carbocycles. The maximum absolute atomic E-state index is 10.6. The van der Waals surface area contributed by atoms with E-state index in [4.69, 9.17) is 11.5 Å². The number of nitrogens with two attached hydrogens (primary N) is 2. The van der Waals surface area contributed by atoms with Crippen LogP contribution in [-0.2, 0) is 4.79 Å². The number of aromatic nitrogens is 1. The van der Waals surface area contributed by atoms with Gasteiger partial charge in [0.1, 0.15) is 0 Å². The van der Waals surface area contributed by atoms with Crippen molar-refractivity contribution in [2.24, 2.45) is 11.5 Å². The first-order chi connectivity index (χ1) is 6.09. The molecule has 0 aliphatic rings. The number of primary amides is 1. The minimum absolute atomic E-state index is 0.120. The molecule has 0 bridgehead atoms. The second kappa shape index (κ2) is 4.34. The van der Waals surface area contributed by atoms with Gasteiger partial charge in [0.25, 0.3) is 0 Å². The number of carbonyl (C=O) groups excluding carboxylic acids is 1. The lowest BCUT2D eigenvalue weighted by Gasteiger charge is -2.07. The molecule has 13 heavy (non-hydrogen) atoms. The van der Waals surface area contributed by atoms with Crippen LogP contribution in [-0.4, -0.2) is 10.9 Å². The largest absolute Gasteiger partial charge is 0.370 e. The highest BCUT2D eigenvalue weighted by atomic mass is 79.9. The van der Waals surface area contributed by atoms with Gasteiger partial charge in [-0.05, 0) is 28.1 Å². The van der Waals surface area contributed by atoms with E-state index in [2.05, 4.69) is 20.9 Å². The zero-order valence-electron chi connectivity index (χ0n) is 6.90. The van der Waals surface area contributed by atoms with Crippen LogP contribution in [0.4, 0.5) is 0 Å². The van der Waals surface area contributed by atoms with Gasteiger partial charge in [-0.2, -0.15) is 0 Å². The average molecular weight is 244 g/mol. The first kappa shape index (κ1) is 10.1. The SMILES string of the molecule is NC(=O)CC(N)c1ccc(Br)cn1. The molecule has 4 N–H and O–H groups in total. The third-order valence-electron chi connectivity index (χ3n) is 1.55.